The van der Waals surface area contributed by atoms with Crippen molar-refractivity contribution in [2.45, 2.75) is 4.90 Å². The number of pyridine rings is 1. The molecule has 0 atom stereocenters. The lowest BCUT2D eigenvalue weighted by Crippen LogP contribution is -1.68. The summed E-state index contributed by atoms with van der Waals surface area (Å²) in [5.74, 6) is 0. The second-order valence-electron chi connectivity index (χ2n) is 3.15. The van der Waals surface area contributed by atoms with Crippen molar-refractivity contribution in [1.29, 1.82) is 0 Å². The Hall–Kier alpha value is -1.06. The Bertz CT molecular complexity index is 613. The molecule has 0 N–H and O–H groups in total. The molecule has 0 saturated heterocycles. The largest absolute Gasteiger partial charge is 0.263 e. The Morgan fingerprint density at radius 1 is 1.07 bits per heavy atom. The second kappa shape index (κ2) is 2.97. The molecule has 0 spiro atoms. The van der Waals surface area contributed by atoms with Crippen molar-refractivity contribution in [1.82, 2.24) is 4.98 Å². The number of hydrogen-bond donors (Lipinski definition) is 1. The van der Waals surface area contributed by atoms with Crippen LogP contribution < -0.4 is 0 Å². The Kier molecular flexibility index (Phi) is 1.75. The lowest BCUT2D eigenvalue weighted by Gasteiger charge is -1.92. The zero-order valence-corrected chi connectivity index (χ0v) is 8.98. The topological polar surface area (TPSA) is 12.9 Å². The van der Waals surface area contributed by atoms with Gasteiger partial charge in [-0.2, -0.15) is 0 Å². The van der Waals surface area contributed by atoms with Crippen LogP contribution in [0.5, 0.6) is 0 Å². The highest BCUT2D eigenvalue weighted by Crippen LogP contribution is 2.33. The first-order valence-corrected chi connectivity index (χ1v) is 5.56. The zero-order chi connectivity index (χ0) is 9.54. The lowest BCUT2D eigenvalue weighted by molar-refractivity contribution is 1.37. The summed E-state index contributed by atoms with van der Waals surface area (Å²) in [7, 11) is 0. The van der Waals surface area contributed by atoms with Gasteiger partial charge >= 0.3 is 0 Å². The highest BCUT2D eigenvalue weighted by Gasteiger charge is 2.03. The first-order chi connectivity index (χ1) is 6.84. The van der Waals surface area contributed by atoms with Gasteiger partial charge in [-0.05, 0) is 24.3 Å². The normalized spacial score (nSPS) is 11.2. The van der Waals surface area contributed by atoms with E-state index in [0.29, 0.717) is 0 Å². The summed E-state index contributed by atoms with van der Waals surface area (Å²) in [6.07, 6.45) is 3.75. The van der Waals surface area contributed by atoms with E-state index in [9.17, 15) is 0 Å². The minimum absolute atomic E-state index is 1.01. The molecule has 1 nitrogen and oxygen atoms in total. The predicted octanol–water partition coefficient (Wildman–Crippen LogP) is 3.74. The Morgan fingerprint density at radius 3 is 2.93 bits per heavy atom. The van der Waals surface area contributed by atoms with Gasteiger partial charge in [0.15, 0.2) is 0 Å². The van der Waals surface area contributed by atoms with Gasteiger partial charge in [0, 0.05) is 32.8 Å². The highest BCUT2D eigenvalue weighted by atomic mass is 32.1. The molecule has 68 valence electrons. The smallest absolute Gasteiger partial charge is 0.0538 e. The van der Waals surface area contributed by atoms with E-state index in [1.807, 2.05) is 18.5 Å². The maximum Gasteiger partial charge on any atom is 0.0538 e. The molecule has 2 aromatic heterocycles. The molecule has 0 fully saturated rings. The lowest BCUT2D eigenvalue weighted by atomic mass is 10.2. The summed E-state index contributed by atoms with van der Waals surface area (Å²) in [6.45, 7) is 0. The molecule has 3 aromatic rings. The van der Waals surface area contributed by atoms with E-state index < -0.39 is 0 Å². The average Bonchev–Trinajstić information content (AvgIpc) is 2.56. The fraction of sp³-hybridized carbons (Fsp3) is 0. The van der Waals surface area contributed by atoms with Crippen LogP contribution in [0.3, 0.4) is 0 Å². The quantitative estimate of drug-likeness (QED) is 0.566. The van der Waals surface area contributed by atoms with E-state index in [1.165, 1.54) is 20.2 Å². The summed E-state index contributed by atoms with van der Waals surface area (Å²) in [5.41, 5.74) is 0. The van der Waals surface area contributed by atoms with Crippen LogP contribution in [-0.2, 0) is 0 Å². The molecule has 2 heterocycles. The van der Waals surface area contributed by atoms with Crippen LogP contribution in [0.15, 0.2) is 41.6 Å². The Balaban J connectivity index is 2.58. The van der Waals surface area contributed by atoms with Crippen molar-refractivity contribution >= 4 is 44.1 Å². The highest BCUT2D eigenvalue weighted by molar-refractivity contribution is 7.80. The van der Waals surface area contributed by atoms with Crippen molar-refractivity contribution in [3.63, 3.8) is 0 Å². The standard InChI is InChI=1S/C11H7NS2/c13-7-1-2-10-9(5-7)8-3-4-12-6-11(8)14-10/h1-6,13H. The Morgan fingerprint density at radius 2 is 2.00 bits per heavy atom. The molecule has 0 unspecified atom stereocenters. The third-order valence-corrected chi connectivity index (χ3v) is 3.66. The van der Waals surface area contributed by atoms with E-state index in [0.717, 1.165) is 4.90 Å². The van der Waals surface area contributed by atoms with Crippen LogP contribution >= 0.6 is 24.0 Å². The van der Waals surface area contributed by atoms with E-state index in [-0.39, 0.29) is 0 Å². The van der Waals surface area contributed by atoms with Gasteiger partial charge in [0.2, 0.25) is 0 Å². The summed E-state index contributed by atoms with van der Waals surface area (Å²) < 4.78 is 2.53. The van der Waals surface area contributed by atoms with Crippen LogP contribution in [0.25, 0.3) is 20.2 Å². The number of thiophene rings is 1. The maximum absolute atomic E-state index is 4.35. The molecule has 0 aliphatic heterocycles. The van der Waals surface area contributed by atoms with Crippen molar-refractivity contribution < 1.29 is 0 Å². The number of rotatable bonds is 0. The third-order valence-electron chi connectivity index (χ3n) is 2.26. The molecule has 14 heavy (non-hydrogen) atoms. The number of nitrogens with zero attached hydrogens (tertiary/aromatic N) is 1. The van der Waals surface area contributed by atoms with Gasteiger partial charge in [-0.3, -0.25) is 4.98 Å². The van der Waals surface area contributed by atoms with Gasteiger partial charge < -0.3 is 0 Å². The maximum atomic E-state index is 4.35. The summed E-state index contributed by atoms with van der Waals surface area (Å²) >= 11 is 6.12. The van der Waals surface area contributed by atoms with Crippen LogP contribution in [0, 0.1) is 0 Å². The molecule has 0 bridgehead atoms. The van der Waals surface area contributed by atoms with Crippen LogP contribution in [-0.4, -0.2) is 4.98 Å². The van der Waals surface area contributed by atoms with Gasteiger partial charge in [-0.15, -0.1) is 24.0 Å². The zero-order valence-electron chi connectivity index (χ0n) is 7.27. The van der Waals surface area contributed by atoms with Crippen LogP contribution in [0.4, 0.5) is 0 Å². The molecule has 0 saturated carbocycles. The first-order valence-electron chi connectivity index (χ1n) is 4.30. The number of benzene rings is 1. The molecule has 3 heteroatoms. The van der Waals surface area contributed by atoms with Crippen molar-refractivity contribution in [3.05, 3.63) is 36.7 Å². The van der Waals surface area contributed by atoms with Gasteiger partial charge in [0.1, 0.15) is 0 Å². The molecular weight excluding hydrogens is 210 g/mol. The first kappa shape index (κ1) is 8.26. The van der Waals surface area contributed by atoms with Crippen LogP contribution in [0.2, 0.25) is 0 Å². The number of aromatic nitrogens is 1. The van der Waals surface area contributed by atoms with E-state index in [4.69, 9.17) is 0 Å². The van der Waals surface area contributed by atoms with Crippen LogP contribution in [0.1, 0.15) is 0 Å². The summed E-state index contributed by atoms with van der Waals surface area (Å²) in [6, 6.07) is 8.30. The van der Waals surface area contributed by atoms with Gasteiger partial charge in [0.25, 0.3) is 0 Å². The summed E-state index contributed by atoms with van der Waals surface area (Å²) in [4.78, 5) is 5.13. The number of fused-ring (bicyclic) bond motifs is 3. The fourth-order valence-electron chi connectivity index (χ4n) is 1.62. The van der Waals surface area contributed by atoms with E-state index in [1.54, 1.807) is 11.3 Å². The summed E-state index contributed by atoms with van der Waals surface area (Å²) in [5, 5.41) is 2.55. The van der Waals surface area contributed by atoms with Crippen molar-refractivity contribution in [3.8, 4) is 0 Å². The fourth-order valence-corrected chi connectivity index (χ4v) is 2.88. The van der Waals surface area contributed by atoms with E-state index in [2.05, 4.69) is 35.8 Å². The minimum Gasteiger partial charge on any atom is -0.263 e. The average molecular weight is 217 g/mol. The van der Waals surface area contributed by atoms with Gasteiger partial charge in [0.05, 0.1) is 4.70 Å². The molecule has 0 aliphatic rings. The van der Waals surface area contributed by atoms with Gasteiger partial charge in [-0.1, -0.05) is 0 Å². The second-order valence-corrected chi connectivity index (χ2v) is 4.75. The van der Waals surface area contributed by atoms with Gasteiger partial charge in [-0.25, -0.2) is 0 Å². The molecular formula is C11H7NS2. The molecule has 0 amide bonds. The SMILES string of the molecule is Sc1ccc2sc3cnccc3c2c1. The number of thiol groups is 1. The number of hydrogen-bond acceptors (Lipinski definition) is 3. The Labute approximate surface area is 90.8 Å². The molecule has 1 aromatic carbocycles. The third kappa shape index (κ3) is 1.13. The monoisotopic (exact) mass is 217 g/mol. The predicted molar refractivity (Wildman–Crippen MR) is 64.4 cm³/mol. The molecule has 3 rings (SSSR count). The van der Waals surface area contributed by atoms with Crippen molar-refractivity contribution in [2.24, 2.45) is 0 Å². The molecule has 0 aliphatic carbocycles. The van der Waals surface area contributed by atoms with E-state index >= 15 is 0 Å². The van der Waals surface area contributed by atoms with Crippen molar-refractivity contribution in [2.75, 3.05) is 0 Å². The molecule has 0 radical (unpaired) electrons. The minimum atomic E-state index is 1.01.